The molecule has 2 nitrogen and oxygen atoms in total. The SMILES string of the molecule is CCC(N)(CC)c1ccc(C(C)(C)C)cc1-c1cscc1-c1ccc(-c2cscc2N(c2ccccc2)c2ccccc2)cc1. The molecule has 6 aromatic rings. The van der Waals surface area contributed by atoms with E-state index in [9.17, 15) is 0 Å². The number of thiophene rings is 2. The standard InChI is InChI=1S/C41H42N2S2/c1-6-41(42,7-2)38-23-22-31(40(3,4)5)24-34(38)37-27-44-25-35(37)29-18-20-30(21-19-29)36-26-45-28-39(36)43(32-14-10-8-11-15-32)33-16-12-9-13-17-33/h8-28H,6-7,42H2,1-5H3. The van der Waals surface area contributed by atoms with Crippen molar-refractivity contribution in [3.05, 3.63) is 136 Å². The molecule has 2 aromatic heterocycles. The molecule has 6 rings (SSSR count). The molecule has 4 heteroatoms. The lowest BCUT2D eigenvalue weighted by atomic mass is 9.77. The number of nitrogens with two attached hydrogens (primary N) is 1. The van der Waals surface area contributed by atoms with Gasteiger partial charge in [-0.3, -0.25) is 0 Å². The van der Waals surface area contributed by atoms with Crippen LogP contribution in [-0.4, -0.2) is 0 Å². The molecular formula is C41H42N2S2. The molecule has 0 fully saturated rings. The van der Waals surface area contributed by atoms with Crippen LogP contribution in [0.4, 0.5) is 17.1 Å². The Bertz CT molecular complexity index is 1820. The zero-order chi connectivity index (χ0) is 31.6. The number of hydrogen-bond donors (Lipinski definition) is 1. The summed E-state index contributed by atoms with van der Waals surface area (Å²) in [6, 6.07) is 37.3. The highest BCUT2D eigenvalue weighted by atomic mass is 32.1. The molecule has 228 valence electrons. The van der Waals surface area contributed by atoms with Crippen LogP contribution in [-0.2, 0) is 11.0 Å². The van der Waals surface area contributed by atoms with E-state index in [1.165, 1.54) is 50.2 Å². The molecule has 0 radical (unpaired) electrons. The minimum Gasteiger partial charge on any atom is -0.321 e. The molecule has 0 amide bonds. The van der Waals surface area contributed by atoms with Crippen LogP contribution >= 0.6 is 22.7 Å². The summed E-state index contributed by atoms with van der Waals surface area (Å²) in [5, 5.41) is 9.11. The Labute approximate surface area is 276 Å². The van der Waals surface area contributed by atoms with Gasteiger partial charge in [0.1, 0.15) is 0 Å². The second kappa shape index (κ2) is 12.8. The molecule has 45 heavy (non-hydrogen) atoms. The summed E-state index contributed by atoms with van der Waals surface area (Å²) in [5.41, 5.74) is 20.2. The fraction of sp³-hybridized carbons (Fsp3) is 0.220. The van der Waals surface area contributed by atoms with Crippen molar-refractivity contribution in [2.75, 3.05) is 4.90 Å². The van der Waals surface area contributed by atoms with E-state index in [4.69, 9.17) is 5.73 Å². The van der Waals surface area contributed by atoms with Crippen LogP contribution in [0.15, 0.2) is 125 Å². The van der Waals surface area contributed by atoms with Gasteiger partial charge in [-0.2, -0.15) is 11.3 Å². The van der Waals surface area contributed by atoms with E-state index in [0.717, 1.165) is 24.2 Å². The van der Waals surface area contributed by atoms with E-state index in [2.05, 4.69) is 164 Å². The fourth-order valence-electron chi connectivity index (χ4n) is 6.12. The maximum absolute atomic E-state index is 7.07. The van der Waals surface area contributed by atoms with Crippen molar-refractivity contribution < 1.29 is 0 Å². The number of benzene rings is 4. The Hall–Kier alpha value is -3.96. The lowest BCUT2D eigenvalue weighted by Gasteiger charge is -2.31. The highest BCUT2D eigenvalue weighted by Gasteiger charge is 2.29. The molecular weight excluding hydrogens is 585 g/mol. The average Bonchev–Trinajstić information content (AvgIpc) is 3.76. The molecule has 0 bridgehead atoms. The Morgan fingerprint density at radius 1 is 0.578 bits per heavy atom. The Balaban J connectivity index is 1.41. The highest BCUT2D eigenvalue weighted by molar-refractivity contribution is 7.09. The Morgan fingerprint density at radius 3 is 1.64 bits per heavy atom. The van der Waals surface area contributed by atoms with Gasteiger partial charge >= 0.3 is 0 Å². The van der Waals surface area contributed by atoms with Crippen molar-refractivity contribution in [2.45, 2.75) is 58.4 Å². The van der Waals surface area contributed by atoms with Crippen LogP contribution in [0.1, 0.15) is 58.6 Å². The molecule has 0 saturated heterocycles. The number of rotatable bonds is 9. The number of nitrogens with zero attached hydrogens (tertiary/aromatic N) is 1. The van der Waals surface area contributed by atoms with Crippen molar-refractivity contribution in [1.82, 2.24) is 0 Å². The smallest absolute Gasteiger partial charge is 0.0647 e. The molecule has 2 heterocycles. The minimum absolute atomic E-state index is 0.0480. The van der Waals surface area contributed by atoms with Crippen LogP contribution in [0, 0.1) is 0 Å². The maximum Gasteiger partial charge on any atom is 0.0647 e. The first kappa shape index (κ1) is 31.0. The van der Waals surface area contributed by atoms with E-state index < -0.39 is 0 Å². The molecule has 0 spiro atoms. The normalized spacial score (nSPS) is 12.0. The van der Waals surface area contributed by atoms with Gasteiger partial charge in [-0.05, 0) is 81.1 Å². The van der Waals surface area contributed by atoms with Gasteiger partial charge in [-0.1, -0.05) is 113 Å². The maximum atomic E-state index is 7.07. The summed E-state index contributed by atoms with van der Waals surface area (Å²) in [5.74, 6) is 0. The molecule has 0 saturated carbocycles. The zero-order valence-corrected chi connectivity index (χ0v) is 28.5. The van der Waals surface area contributed by atoms with Crippen LogP contribution in [0.3, 0.4) is 0 Å². The number of anilines is 3. The minimum atomic E-state index is -0.368. The topological polar surface area (TPSA) is 29.3 Å². The Kier molecular flexibility index (Phi) is 8.83. The predicted octanol–water partition coefficient (Wildman–Crippen LogP) is 12.6. The highest BCUT2D eigenvalue weighted by Crippen LogP contribution is 2.45. The van der Waals surface area contributed by atoms with Gasteiger partial charge in [0.2, 0.25) is 0 Å². The van der Waals surface area contributed by atoms with Crippen LogP contribution in [0.5, 0.6) is 0 Å². The summed E-state index contributed by atoms with van der Waals surface area (Å²) in [7, 11) is 0. The van der Waals surface area contributed by atoms with E-state index in [1.807, 2.05) is 0 Å². The number of para-hydroxylation sites is 2. The van der Waals surface area contributed by atoms with E-state index >= 15 is 0 Å². The summed E-state index contributed by atoms with van der Waals surface area (Å²) in [6.07, 6.45) is 1.79. The second-order valence-electron chi connectivity index (χ2n) is 12.8. The molecule has 0 aliphatic rings. The first-order valence-electron chi connectivity index (χ1n) is 15.8. The summed E-state index contributed by atoms with van der Waals surface area (Å²) >= 11 is 3.50. The molecule has 0 atom stereocenters. The van der Waals surface area contributed by atoms with Gasteiger partial charge in [-0.25, -0.2) is 0 Å². The van der Waals surface area contributed by atoms with Gasteiger partial charge < -0.3 is 10.6 Å². The van der Waals surface area contributed by atoms with Gasteiger partial charge in [0.05, 0.1) is 5.69 Å². The fourth-order valence-corrected chi connectivity index (χ4v) is 7.80. The van der Waals surface area contributed by atoms with Crippen molar-refractivity contribution >= 4 is 39.7 Å². The number of hydrogen-bond acceptors (Lipinski definition) is 4. The Morgan fingerprint density at radius 2 is 1.09 bits per heavy atom. The molecule has 2 N–H and O–H groups in total. The van der Waals surface area contributed by atoms with Crippen molar-refractivity contribution in [1.29, 1.82) is 0 Å². The van der Waals surface area contributed by atoms with E-state index in [0.29, 0.717) is 0 Å². The lowest BCUT2D eigenvalue weighted by molar-refractivity contribution is 0.413. The van der Waals surface area contributed by atoms with Crippen molar-refractivity contribution in [3.63, 3.8) is 0 Å². The first-order chi connectivity index (χ1) is 21.7. The third-order valence-corrected chi connectivity index (χ3v) is 10.5. The van der Waals surface area contributed by atoms with E-state index in [-0.39, 0.29) is 11.0 Å². The van der Waals surface area contributed by atoms with Gasteiger partial charge in [0, 0.05) is 44.4 Å². The molecule has 0 aliphatic carbocycles. The molecule has 0 aliphatic heterocycles. The van der Waals surface area contributed by atoms with Crippen molar-refractivity contribution in [2.24, 2.45) is 5.73 Å². The summed E-state index contributed by atoms with van der Waals surface area (Å²) < 4.78 is 0. The first-order valence-corrected chi connectivity index (χ1v) is 17.7. The zero-order valence-electron chi connectivity index (χ0n) is 26.9. The predicted molar refractivity (Wildman–Crippen MR) is 198 cm³/mol. The summed E-state index contributed by atoms with van der Waals surface area (Å²) in [6.45, 7) is 11.2. The largest absolute Gasteiger partial charge is 0.321 e. The molecule has 0 unspecified atom stereocenters. The summed E-state index contributed by atoms with van der Waals surface area (Å²) in [4.78, 5) is 2.35. The van der Waals surface area contributed by atoms with Crippen molar-refractivity contribution in [3.8, 4) is 33.4 Å². The van der Waals surface area contributed by atoms with Gasteiger partial charge in [-0.15, -0.1) is 11.3 Å². The van der Waals surface area contributed by atoms with Crippen LogP contribution in [0.2, 0.25) is 0 Å². The lowest BCUT2D eigenvalue weighted by Crippen LogP contribution is -2.35. The molecule has 4 aromatic carbocycles. The van der Waals surface area contributed by atoms with Crippen LogP contribution < -0.4 is 10.6 Å². The third kappa shape index (κ3) is 6.15. The quantitative estimate of drug-likeness (QED) is 0.173. The second-order valence-corrected chi connectivity index (χ2v) is 14.3. The average molecular weight is 627 g/mol. The monoisotopic (exact) mass is 626 g/mol. The van der Waals surface area contributed by atoms with Crippen LogP contribution in [0.25, 0.3) is 33.4 Å². The third-order valence-electron chi connectivity index (χ3n) is 9.05. The van der Waals surface area contributed by atoms with Gasteiger partial charge in [0.15, 0.2) is 0 Å². The van der Waals surface area contributed by atoms with E-state index in [1.54, 1.807) is 22.7 Å². The van der Waals surface area contributed by atoms with Gasteiger partial charge in [0.25, 0.3) is 0 Å².